The zero-order valence-corrected chi connectivity index (χ0v) is 13.5. The highest BCUT2D eigenvalue weighted by Crippen LogP contribution is 2.26. The number of nitrogens with zero attached hydrogens (tertiary/aromatic N) is 2. The van der Waals surface area contributed by atoms with Gasteiger partial charge in [-0.25, -0.2) is 9.97 Å². The molecule has 1 heterocycles. The van der Waals surface area contributed by atoms with Gasteiger partial charge in [0.2, 0.25) is 0 Å². The van der Waals surface area contributed by atoms with E-state index in [1.807, 2.05) is 20.8 Å². The Morgan fingerprint density at radius 2 is 1.75 bits per heavy atom. The van der Waals surface area contributed by atoms with Crippen LogP contribution in [-0.4, -0.2) is 34.3 Å². The van der Waals surface area contributed by atoms with Crippen LogP contribution in [-0.2, 0) is 5.41 Å². The number of rotatable bonds is 6. The number of aliphatic hydroxyl groups is 1. The number of hydrogen-bond donors (Lipinski definition) is 3. The molecule has 5 heteroatoms. The molecule has 3 N–H and O–H groups in total. The third kappa shape index (κ3) is 4.07. The molecule has 0 aliphatic carbocycles. The van der Waals surface area contributed by atoms with Crippen molar-refractivity contribution in [2.45, 2.75) is 59.4 Å². The molecule has 1 rings (SSSR count). The quantitative estimate of drug-likeness (QED) is 0.747. The van der Waals surface area contributed by atoms with E-state index < -0.39 is 0 Å². The standard InChI is InChI=1S/C15H28N4O/c1-7-11(9-20)17-13-10(3)12(16-8-2)18-14(19-13)15(4,5)6/h11,20H,7-9H2,1-6H3,(H2,16,17,18,19). The fourth-order valence-electron chi connectivity index (χ4n) is 1.80. The fraction of sp³-hybridized carbons (Fsp3) is 0.733. The van der Waals surface area contributed by atoms with Crippen LogP contribution >= 0.6 is 0 Å². The van der Waals surface area contributed by atoms with Crippen molar-refractivity contribution in [3.8, 4) is 0 Å². The molecule has 0 bridgehead atoms. The molecular weight excluding hydrogens is 252 g/mol. The van der Waals surface area contributed by atoms with E-state index in [2.05, 4.69) is 41.4 Å². The van der Waals surface area contributed by atoms with Gasteiger partial charge in [0.25, 0.3) is 0 Å². The zero-order chi connectivity index (χ0) is 15.3. The zero-order valence-electron chi connectivity index (χ0n) is 13.5. The van der Waals surface area contributed by atoms with Crippen LogP contribution in [0.25, 0.3) is 0 Å². The number of aromatic nitrogens is 2. The van der Waals surface area contributed by atoms with Crippen molar-refractivity contribution < 1.29 is 5.11 Å². The molecule has 0 amide bonds. The van der Waals surface area contributed by atoms with Crippen molar-refractivity contribution in [3.63, 3.8) is 0 Å². The minimum absolute atomic E-state index is 0.0193. The average Bonchev–Trinajstić information content (AvgIpc) is 2.38. The topological polar surface area (TPSA) is 70.1 Å². The van der Waals surface area contributed by atoms with E-state index in [4.69, 9.17) is 0 Å². The van der Waals surface area contributed by atoms with Crippen LogP contribution in [0.3, 0.4) is 0 Å². The highest BCUT2D eigenvalue weighted by Gasteiger charge is 2.21. The molecule has 1 atom stereocenters. The van der Waals surface area contributed by atoms with Crippen LogP contribution in [0.15, 0.2) is 0 Å². The van der Waals surface area contributed by atoms with Crippen molar-refractivity contribution in [1.29, 1.82) is 0 Å². The lowest BCUT2D eigenvalue weighted by atomic mass is 9.95. The molecule has 1 unspecified atom stereocenters. The van der Waals surface area contributed by atoms with E-state index in [0.29, 0.717) is 0 Å². The van der Waals surface area contributed by atoms with E-state index in [0.717, 1.165) is 36.0 Å². The fourth-order valence-corrected chi connectivity index (χ4v) is 1.80. The van der Waals surface area contributed by atoms with E-state index in [1.165, 1.54) is 0 Å². The SMILES string of the molecule is CCNc1nc(C(C)(C)C)nc(NC(CC)CO)c1C. The average molecular weight is 280 g/mol. The number of hydrogen-bond acceptors (Lipinski definition) is 5. The summed E-state index contributed by atoms with van der Waals surface area (Å²) in [4.78, 5) is 9.28. The summed E-state index contributed by atoms with van der Waals surface area (Å²) in [7, 11) is 0. The normalized spacial score (nSPS) is 13.2. The lowest BCUT2D eigenvalue weighted by Gasteiger charge is -2.23. The largest absolute Gasteiger partial charge is 0.394 e. The second kappa shape index (κ2) is 6.88. The molecule has 0 spiro atoms. The number of nitrogens with one attached hydrogen (secondary N) is 2. The predicted octanol–water partition coefficient (Wildman–Crippen LogP) is 2.70. The summed E-state index contributed by atoms with van der Waals surface area (Å²) in [6.45, 7) is 13.3. The first-order chi connectivity index (χ1) is 9.33. The third-order valence-corrected chi connectivity index (χ3v) is 3.21. The Morgan fingerprint density at radius 1 is 1.15 bits per heavy atom. The van der Waals surface area contributed by atoms with Crippen molar-refractivity contribution in [1.82, 2.24) is 9.97 Å². The third-order valence-electron chi connectivity index (χ3n) is 3.21. The molecular formula is C15H28N4O. The van der Waals surface area contributed by atoms with Gasteiger partial charge in [0.1, 0.15) is 17.5 Å². The molecule has 0 saturated carbocycles. The summed E-state index contributed by atoms with van der Waals surface area (Å²) < 4.78 is 0. The van der Waals surface area contributed by atoms with Crippen molar-refractivity contribution in [3.05, 3.63) is 11.4 Å². The van der Waals surface area contributed by atoms with Crippen LogP contribution in [0.4, 0.5) is 11.6 Å². The van der Waals surface area contributed by atoms with E-state index >= 15 is 0 Å². The van der Waals surface area contributed by atoms with Crippen molar-refractivity contribution in [2.75, 3.05) is 23.8 Å². The first-order valence-electron chi connectivity index (χ1n) is 7.33. The lowest BCUT2D eigenvalue weighted by molar-refractivity contribution is 0.271. The molecule has 0 aliphatic heterocycles. The van der Waals surface area contributed by atoms with E-state index in [9.17, 15) is 5.11 Å². The maximum atomic E-state index is 9.36. The van der Waals surface area contributed by atoms with Gasteiger partial charge in [-0.3, -0.25) is 0 Å². The highest BCUT2D eigenvalue weighted by molar-refractivity contribution is 5.58. The Morgan fingerprint density at radius 3 is 2.20 bits per heavy atom. The second-order valence-corrected chi connectivity index (χ2v) is 6.08. The van der Waals surface area contributed by atoms with Gasteiger partial charge < -0.3 is 15.7 Å². The van der Waals surface area contributed by atoms with Crippen molar-refractivity contribution >= 4 is 11.6 Å². The first kappa shape index (κ1) is 16.7. The molecule has 1 aromatic heterocycles. The minimum Gasteiger partial charge on any atom is -0.394 e. The van der Waals surface area contributed by atoms with Crippen LogP contribution in [0.1, 0.15) is 52.4 Å². The van der Waals surface area contributed by atoms with Crippen LogP contribution in [0.5, 0.6) is 0 Å². The second-order valence-electron chi connectivity index (χ2n) is 6.08. The van der Waals surface area contributed by atoms with Crippen LogP contribution < -0.4 is 10.6 Å². The summed E-state index contributed by atoms with van der Waals surface area (Å²) in [6.07, 6.45) is 0.849. The van der Waals surface area contributed by atoms with Gasteiger partial charge in [0.05, 0.1) is 12.6 Å². The molecule has 114 valence electrons. The smallest absolute Gasteiger partial charge is 0.138 e. The number of aliphatic hydroxyl groups excluding tert-OH is 1. The Bertz CT molecular complexity index is 436. The Kier molecular flexibility index (Phi) is 5.74. The Labute approximate surface area is 122 Å². The lowest BCUT2D eigenvalue weighted by Crippen LogP contribution is -2.26. The monoisotopic (exact) mass is 280 g/mol. The minimum atomic E-state index is -0.116. The maximum Gasteiger partial charge on any atom is 0.138 e. The summed E-state index contributed by atoms with van der Waals surface area (Å²) >= 11 is 0. The summed E-state index contributed by atoms with van der Waals surface area (Å²) in [5.41, 5.74) is 0.877. The van der Waals surface area contributed by atoms with Gasteiger partial charge in [-0.1, -0.05) is 27.7 Å². The molecule has 1 aromatic rings. The predicted molar refractivity (Wildman–Crippen MR) is 84.4 cm³/mol. The van der Waals surface area contributed by atoms with Crippen LogP contribution in [0.2, 0.25) is 0 Å². The number of anilines is 2. The summed E-state index contributed by atoms with van der Waals surface area (Å²) in [5.74, 6) is 2.47. The van der Waals surface area contributed by atoms with Gasteiger partial charge in [0, 0.05) is 17.5 Å². The van der Waals surface area contributed by atoms with Gasteiger partial charge in [-0.05, 0) is 20.3 Å². The summed E-state index contributed by atoms with van der Waals surface area (Å²) in [5, 5.41) is 16.0. The van der Waals surface area contributed by atoms with Gasteiger partial charge >= 0.3 is 0 Å². The van der Waals surface area contributed by atoms with Gasteiger partial charge in [0.15, 0.2) is 0 Å². The summed E-state index contributed by atoms with van der Waals surface area (Å²) in [6, 6.07) is 0.0193. The molecule has 0 fully saturated rings. The Balaban J connectivity index is 3.23. The molecule has 0 aromatic carbocycles. The van der Waals surface area contributed by atoms with E-state index in [1.54, 1.807) is 0 Å². The highest BCUT2D eigenvalue weighted by atomic mass is 16.3. The Hall–Kier alpha value is -1.36. The molecule has 0 aliphatic rings. The molecule has 5 nitrogen and oxygen atoms in total. The van der Waals surface area contributed by atoms with Gasteiger partial charge in [-0.15, -0.1) is 0 Å². The molecule has 20 heavy (non-hydrogen) atoms. The molecule has 0 radical (unpaired) electrons. The van der Waals surface area contributed by atoms with Crippen molar-refractivity contribution in [2.24, 2.45) is 0 Å². The maximum absolute atomic E-state index is 9.36. The first-order valence-corrected chi connectivity index (χ1v) is 7.33. The van der Waals surface area contributed by atoms with Gasteiger partial charge in [-0.2, -0.15) is 0 Å². The molecule has 0 saturated heterocycles. The van der Waals surface area contributed by atoms with E-state index in [-0.39, 0.29) is 18.1 Å². The van der Waals surface area contributed by atoms with Crippen LogP contribution in [0, 0.1) is 6.92 Å².